The molecule has 0 aliphatic carbocycles. The van der Waals surface area contributed by atoms with Gasteiger partial charge in [-0.25, -0.2) is 4.98 Å². The highest BCUT2D eigenvalue weighted by atomic mass is 32.1. The molecule has 1 N–H and O–H groups in total. The predicted molar refractivity (Wildman–Crippen MR) is 68.9 cm³/mol. The molecule has 3 nitrogen and oxygen atoms in total. The number of thiazole rings is 1. The zero-order valence-electron chi connectivity index (χ0n) is 10.4. The van der Waals surface area contributed by atoms with E-state index in [1.165, 1.54) is 22.0 Å². The summed E-state index contributed by atoms with van der Waals surface area (Å²) in [6.07, 6.45) is 1.27. The van der Waals surface area contributed by atoms with Gasteiger partial charge in [0.05, 0.1) is 12.2 Å². The van der Waals surface area contributed by atoms with E-state index in [4.69, 9.17) is 0 Å². The molecular weight excluding hydrogens is 218 g/mol. The highest BCUT2D eigenvalue weighted by Crippen LogP contribution is 2.20. The van der Waals surface area contributed by atoms with E-state index in [1.807, 2.05) is 11.3 Å². The van der Waals surface area contributed by atoms with Gasteiger partial charge in [0.1, 0.15) is 5.01 Å². The van der Waals surface area contributed by atoms with Gasteiger partial charge in [0, 0.05) is 17.5 Å². The van der Waals surface area contributed by atoms with E-state index in [-0.39, 0.29) is 0 Å². The van der Waals surface area contributed by atoms with E-state index in [9.17, 15) is 0 Å². The third-order valence-electron chi connectivity index (χ3n) is 3.37. The molecule has 1 aliphatic heterocycles. The van der Waals surface area contributed by atoms with Crippen molar-refractivity contribution in [3.05, 3.63) is 15.6 Å². The molecule has 0 aromatic carbocycles. The lowest BCUT2D eigenvalue weighted by molar-refractivity contribution is 0.210. The summed E-state index contributed by atoms with van der Waals surface area (Å²) in [4.78, 5) is 8.52. The summed E-state index contributed by atoms with van der Waals surface area (Å²) < 4.78 is 0. The maximum absolute atomic E-state index is 4.63. The van der Waals surface area contributed by atoms with Crippen LogP contribution in [0, 0.1) is 13.8 Å². The van der Waals surface area contributed by atoms with Crippen LogP contribution in [0.15, 0.2) is 0 Å². The zero-order valence-corrected chi connectivity index (χ0v) is 11.2. The van der Waals surface area contributed by atoms with Crippen molar-refractivity contribution in [3.63, 3.8) is 0 Å². The predicted octanol–water partition coefficient (Wildman–Crippen LogP) is 1.94. The Labute approximate surface area is 102 Å². The molecule has 0 spiro atoms. The first-order chi connectivity index (χ1) is 7.70. The van der Waals surface area contributed by atoms with E-state index in [0.717, 1.165) is 26.2 Å². The van der Waals surface area contributed by atoms with Gasteiger partial charge in [0.15, 0.2) is 0 Å². The minimum absolute atomic E-state index is 0.703. The van der Waals surface area contributed by atoms with Gasteiger partial charge in [0.25, 0.3) is 0 Å². The van der Waals surface area contributed by atoms with Crippen molar-refractivity contribution in [2.75, 3.05) is 19.6 Å². The number of hydrogen-bond acceptors (Lipinski definition) is 4. The largest absolute Gasteiger partial charge is 0.315 e. The molecule has 1 aliphatic rings. The smallest absolute Gasteiger partial charge is 0.107 e. The average Bonchev–Trinajstić information content (AvgIpc) is 2.86. The second-order valence-corrected chi connectivity index (χ2v) is 5.75. The van der Waals surface area contributed by atoms with Crippen LogP contribution in [0.3, 0.4) is 0 Å². The molecule has 90 valence electrons. The molecule has 1 fully saturated rings. The quantitative estimate of drug-likeness (QED) is 0.870. The SMILES string of the molecule is CCN(Cc1nc(C)c(C)s1)C1CCNC1. The maximum Gasteiger partial charge on any atom is 0.107 e. The van der Waals surface area contributed by atoms with Gasteiger partial charge in [-0.15, -0.1) is 11.3 Å². The van der Waals surface area contributed by atoms with Crippen LogP contribution in [0.4, 0.5) is 0 Å². The van der Waals surface area contributed by atoms with Gasteiger partial charge in [-0.1, -0.05) is 6.92 Å². The Bertz CT molecular complexity index is 323. The van der Waals surface area contributed by atoms with Crippen LogP contribution >= 0.6 is 11.3 Å². The van der Waals surface area contributed by atoms with E-state index < -0.39 is 0 Å². The highest BCUT2D eigenvalue weighted by Gasteiger charge is 2.21. The molecule has 0 amide bonds. The second kappa shape index (κ2) is 5.25. The summed E-state index contributed by atoms with van der Waals surface area (Å²) >= 11 is 1.84. The number of likely N-dealkylation sites (N-methyl/N-ethyl adjacent to an activating group) is 1. The number of hydrogen-bond donors (Lipinski definition) is 1. The fourth-order valence-electron chi connectivity index (χ4n) is 2.23. The van der Waals surface area contributed by atoms with Crippen molar-refractivity contribution < 1.29 is 0 Å². The number of aryl methyl sites for hydroxylation is 2. The van der Waals surface area contributed by atoms with Crippen LogP contribution in [0.25, 0.3) is 0 Å². The number of aromatic nitrogens is 1. The molecule has 2 heterocycles. The Balaban J connectivity index is 2.00. The number of rotatable bonds is 4. The van der Waals surface area contributed by atoms with Crippen molar-refractivity contribution in [2.24, 2.45) is 0 Å². The molecule has 0 bridgehead atoms. The Kier molecular flexibility index (Phi) is 3.95. The molecule has 0 saturated carbocycles. The molecule has 16 heavy (non-hydrogen) atoms. The van der Waals surface area contributed by atoms with Crippen molar-refractivity contribution in [2.45, 2.75) is 39.8 Å². The summed E-state index contributed by atoms with van der Waals surface area (Å²) in [5.74, 6) is 0. The van der Waals surface area contributed by atoms with Gasteiger partial charge < -0.3 is 5.32 Å². The zero-order chi connectivity index (χ0) is 11.5. The topological polar surface area (TPSA) is 28.2 Å². The standard InChI is InChI=1S/C12H21N3S/c1-4-15(11-5-6-13-7-11)8-12-14-9(2)10(3)16-12/h11,13H,4-8H2,1-3H3. The number of nitrogens with one attached hydrogen (secondary N) is 1. The first-order valence-corrected chi connectivity index (χ1v) is 6.90. The minimum Gasteiger partial charge on any atom is -0.315 e. The third kappa shape index (κ3) is 2.62. The molecule has 0 radical (unpaired) electrons. The van der Waals surface area contributed by atoms with Crippen molar-refractivity contribution in [1.29, 1.82) is 0 Å². The van der Waals surface area contributed by atoms with Crippen LogP contribution in [0.2, 0.25) is 0 Å². The molecule has 1 saturated heterocycles. The molecule has 1 atom stereocenters. The Morgan fingerprint density at radius 3 is 2.81 bits per heavy atom. The molecular formula is C12H21N3S. The van der Waals surface area contributed by atoms with Gasteiger partial charge in [-0.3, -0.25) is 4.90 Å². The maximum atomic E-state index is 4.63. The summed E-state index contributed by atoms with van der Waals surface area (Å²) in [7, 11) is 0. The molecule has 2 rings (SSSR count). The monoisotopic (exact) mass is 239 g/mol. The first-order valence-electron chi connectivity index (χ1n) is 6.08. The summed E-state index contributed by atoms with van der Waals surface area (Å²) in [5.41, 5.74) is 1.20. The van der Waals surface area contributed by atoms with Crippen LogP contribution in [-0.2, 0) is 6.54 Å². The summed E-state index contributed by atoms with van der Waals surface area (Å²) in [5, 5.41) is 4.70. The van der Waals surface area contributed by atoms with Crippen LogP contribution in [-0.4, -0.2) is 35.6 Å². The van der Waals surface area contributed by atoms with E-state index in [0.29, 0.717) is 6.04 Å². The number of nitrogens with zero attached hydrogens (tertiary/aromatic N) is 2. The Morgan fingerprint density at radius 1 is 1.50 bits per heavy atom. The lowest BCUT2D eigenvalue weighted by Crippen LogP contribution is -2.36. The molecule has 1 aromatic rings. The summed E-state index contributed by atoms with van der Waals surface area (Å²) in [6, 6.07) is 0.703. The fraction of sp³-hybridized carbons (Fsp3) is 0.750. The molecule has 1 unspecified atom stereocenters. The van der Waals surface area contributed by atoms with Crippen molar-refractivity contribution >= 4 is 11.3 Å². The molecule has 4 heteroatoms. The van der Waals surface area contributed by atoms with Crippen LogP contribution in [0.1, 0.15) is 28.9 Å². The van der Waals surface area contributed by atoms with E-state index in [1.54, 1.807) is 0 Å². The molecule has 1 aromatic heterocycles. The van der Waals surface area contributed by atoms with Gasteiger partial charge in [-0.2, -0.15) is 0 Å². The Morgan fingerprint density at radius 2 is 2.31 bits per heavy atom. The van der Waals surface area contributed by atoms with Gasteiger partial charge in [-0.05, 0) is 33.4 Å². The first kappa shape index (κ1) is 12.0. The summed E-state index contributed by atoms with van der Waals surface area (Å²) in [6.45, 7) is 10.9. The van der Waals surface area contributed by atoms with Crippen LogP contribution in [0.5, 0.6) is 0 Å². The van der Waals surface area contributed by atoms with Crippen molar-refractivity contribution in [1.82, 2.24) is 15.2 Å². The lowest BCUT2D eigenvalue weighted by Gasteiger charge is -2.25. The van der Waals surface area contributed by atoms with Gasteiger partial charge in [0.2, 0.25) is 0 Å². The van der Waals surface area contributed by atoms with E-state index >= 15 is 0 Å². The minimum atomic E-state index is 0.703. The highest BCUT2D eigenvalue weighted by molar-refractivity contribution is 7.11. The van der Waals surface area contributed by atoms with Gasteiger partial charge >= 0.3 is 0 Å². The lowest BCUT2D eigenvalue weighted by atomic mass is 10.2. The fourth-order valence-corrected chi connectivity index (χ4v) is 3.19. The average molecular weight is 239 g/mol. The normalized spacial score (nSPS) is 20.9. The second-order valence-electron chi connectivity index (χ2n) is 4.46. The van der Waals surface area contributed by atoms with Crippen molar-refractivity contribution in [3.8, 4) is 0 Å². The van der Waals surface area contributed by atoms with E-state index in [2.05, 4.69) is 36.0 Å². The third-order valence-corrected chi connectivity index (χ3v) is 4.43. The Hall–Kier alpha value is -0.450. The van der Waals surface area contributed by atoms with Crippen LogP contribution < -0.4 is 5.32 Å².